The number of hydrogen-bond donors (Lipinski definition) is 2. The van der Waals surface area contributed by atoms with Gasteiger partial charge in [-0.3, -0.25) is 4.79 Å². The first-order valence-electron chi connectivity index (χ1n) is 5.09. The molecule has 1 aromatic carbocycles. The Balaban J connectivity index is 2.53. The van der Waals surface area contributed by atoms with Crippen LogP contribution in [0.3, 0.4) is 0 Å². The minimum absolute atomic E-state index is 0.0271. The second-order valence-electron chi connectivity index (χ2n) is 3.71. The molecule has 0 saturated carbocycles. The summed E-state index contributed by atoms with van der Waals surface area (Å²) < 4.78 is 26.3. The van der Waals surface area contributed by atoms with Crippen LogP contribution in [0.25, 0.3) is 0 Å². The molecule has 2 N–H and O–H groups in total. The predicted octanol–water partition coefficient (Wildman–Crippen LogP) is 2.07. The van der Waals surface area contributed by atoms with E-state index in [9.17, 15) is 13.6 Å². The van der Waals surface area contributed by atoms with E-state index in [2.05, 4.69) is 17.2 Å². The van der Waals surface area contributed by atoms with Crippen molar-refractivity contribution < 1.29 is 13.6 Å². The summed E-state index contributed by atoms with van der Waals surface area (Å²) >= 11 is 0. The van der Waals surface area contributed by atoms with Gasteiger partial charge >= 0.3 is 0 Å². The first-order valence-corrected chi connectivity index (χ1v) is 5.09. The van der Waals surface area contributed by atoms with Crippen molar-refractivity contribution in [3.05, 3.63) is 42.0 Å². The van der Waals surface area contributed by atoms with Crippen LogP contribution in [0.5, 0.6) is 0 Å². The van der Waals surface area contributed by atoms with Gasteiger partial charge in [0.25, 0.3) is 0 Å². The number of carbonyl (C=O) groups excluding carboxylic acids is 1. The van der Waals surface area contributed by atoms with E-state index in [-0.39, 0.29) is 6.54 Å². The summed E-state index contributed by atoms with van der Waals surface area (Å²) in [5, 5.41) is 4.96. The molecule has 0 unspecified atom stereocenters. The lowest BCUT2D eigenvalue weighted by Crippen LogP contribution is -2.29. The number of para-hydroxylation sites is 1. The van der Waals surface area contributed by atoms with Crippen LogP contribution in [-0.2, 0) is 4.79 Å². The van der Waals surface area contributed by atoms with E-state index in [1.54, 1.807) is 6.92 Å². The normalized spacial score (nSPS) is 10.1. The molecule has 0 aliphatic heterocycles. The second-order valence-corrected chi connectivity index (χ2v) is 3.71. The van der Waals surface area contributed by atoms with E-state index in [0.29, 0.717) is 6.54 Å². The summed E-state index contributed by atoms with van der Waals surface area (Å²) in [7, 11) is 0. The molecule has 5 heteroatoms. The monoisotopic (exact) mass is 240 g/mol. The molecule has 3 nitrogen and oxygen atoms in total. The highest BCUT2D eigenvalue weighted by Gasteiger charge is 2.11. The number of hydrogen-bond acceptors (Lipinski definition) is 2. The third-order valence-corrected chi connectivity index (χ3v) is 1.94. The van der Waals surface area contributed by atoms with Gasteiger partial charge in [-0.2, -0.15) is 0 Å². The molecular formula is C12H14F2N2O. The van der Waals surface area contributed by atoms with Crippen LogP contribution >= 0.6 is 0 Å². The number of carbonyl (C=O) groups is 1. The zero-order chi connectivity index (χ0) is 12.8. The third-order valence-electron chi connectivity index (χ3n) is 1.94. The summed E-state index contributed by atoms with van der Waals surface area (Å²) in [5.41, 5.74) is 0.449. The van der Waals surface area contributed by atoms with Crippen LogP contribution in [0.15, 0.2) is 30.4 Å². The van der Waals surface area contributed by atoms with Crippen molar-refractivity contribution in [2.75, 3.05) is 18.4 Å². The van der Waals surface area contributed by atoms with E-state index in [4.69, 9.17) is 0 Å². The molecule has 17 heavy (non-hydrogen) atoms. The van der Waals surface area contributed by atoms with Crippen LogP contribution in [0, 0.1) is 11.6 Å². The van der Waals surface area contributed by atoms with Crippen molar-refractivity contribution in [1.29, 1.82) is 0 Å². The molecule has 0 bridgehead atoms. The highest BCUT2D eigenvalue weighted by Crippen LogP contribution is 2.17. The van der Waals surface area contributed by atoms with E-state index < -0.39 is 23.2 Å². The summed E-state index contributed by atoms with van der Waals surface area (Å²) in [4.78, 5) is 11.4. The van der Waals surface area contributed by atoms with E-state index >= 15 is 0 Å². The molecule has 0 radical (unpaired) electrons. The maximum Gasteiger partial charge on any atom is 0.238 e. The molecule has 1 rings (SSSR count). The highest BCUT2D eigenvalue weighted by atomic mass is 19.1. The van der Waals surface area contributed by atoms with Gasteiger partial charge < -0.3 is 10.6 Å². The van der Waals surface area contributed by atoms with Crippen molar-refractivity contribution in [3.8, 4) is 0 Å². The molecular weight excluding hydrogens is 226 g/mol. The highest BCUT2D eigenvalue weighted by molar-refractivity contribution is 5.92. The summed E-state index contributed by atoms with van der Waals surface area (Å²) in [6.07, 6.45) is 0. The Labute approximate surface area is 98.5 Å². The first-order chi connectivity index (χ1) is 8.00. The largest absolute Gasteiger partial charge is 0.320 e. The van der Waals surface area contributed by atoms with E-state index in [1.165, 1.54) is 6.07 Å². The second kappa shape index (κ2) is 6.10. The summed E-state index contributed by atoms with van der Waals surface area (Å²) in [6.45, 7) is 5.91. The van der Waals surface area contributed by atoms with Crippen molar-refractivity contribution in [2.24, 2.45) is 0 Å². The quantitative estimate of drug-likeness (QED) is 0.773. The number of halogens is 2. The minimum atomic E-state index is -0.793. The Hall–Kier alpha value is -1.75. The van der Waals surface area contributed by atoms with Gasteiger partial charge in [0.1, 0.15) is 17.3 Å². The standard InChI is InChI=1S/C12H14F2N2O/c1-8(2)6-15-7-11(17)16-12-9(13)4-3-5-10(12)14/h3-5,15H,1,6-7H2,2H3,(H,16,17). The molecule has 0 atom stereocenters. The Morgan fingerprint density at radius 2 is 1.88 bits per heavy atom. The topological polar surface area (TPSA) is 41.1 Å². The maximum absolute atomic E-state index is 13.2. The zero-order valence-corrected chi connectivity index (χ0v) is 9.52. The third kappa shape index (κ3) is 4.32. The van der Waals surface area contributed by atoms with Crippen molar-refractivity contribution in [2.45, 2.75) is 6.92 Å². The molecule has 0 saturated heterocycles. The van der Waals surface area contributed by atoms with Gasteiger partial charge in [0.2, 0.25) is 5.91 Å². The van der Waals surface area contributed by atoms with Gasteiger partial charge in [0.15, 0.2) is 0 Å². The average molecular weight is 240 g/mol. The van der Waals surface area contributed by atoms with Crippen molar-refractivity contribution in [1.82, 2.24) is 5.32 Å². The van der Waals surface area contributed by atoms with E-state index in [0.717, 1.165) is 17.7 Å². The fourth-order valence-corrected chi connectivity index (χ4v) is 1.19. The molecule has 1 amide bonds. The van der Waals surface area contributed by atoms with Gasteiger partial charge in [-0.25, -0.2) is 8.78 Å². The Morgan fingerprint density at radius 3 is 2.41 bits per heavy atom. The van der Waals surface area contributed by atoms with Gasteiger partial charge in [-0.15, -0.1) is 0 Å². The lowest BCUT2D eigenvalue weighted by Gasteiger charge is -2.08. The Kier molecular flexibility index (Phi) is 4.78. The van der Waals surface area contributed by atoms with Crippen LogP contribution in [0.1, 0.15) is 6.92 Å². The minimum Gasteiger partial charge on any atom is -0.320 e. The smallest absolute Gasteiger partial charge is 0.238 e. The molecule has 0 fully saturated rings. The maximum atomic E-state index is 13.2. The van der Waals surface area contributed by atoms with E-state index in [1.807, 2.05) is 0 Å². The van der Waals surface area contributed by atoms with Gasteiger partial charge in [-0.1, -0.05) is 18.2 Å². The lowest BCUT2D eigenvalue weighted by molar-refractivity contribution is -0.115. The van der Waals surface area contributed by atoms with Crippen LogP contribution in [0.2, 0.25) is 0 Å². The molecule has 0 spiro atoms. The number of benzene rings is 1. The van der Waals surface area contributed by atoms with Crippen LogP contribution in [0.4, 0.5) is 14.5 Å². The first kappa shape index (κ1) is 13.3. The number of nitrogens with one attached hydrogen (secondary N) is 2. The summed E-state index contributed by atoms with van der Waals surface area (Å²) in [5.74, 6) is -2.09. The van der Waals surface area contributed by atoms with Gasteiger partial charge in [0, 0.05) is 6.54 Å². The average Bonchev–Trinajstić information content (AvgIpc) is 2.23. The predicted molar refractivity (Wildman–Crippen MR) is 62.7 cm³/mol. The van der Waals surface area contributed by atoms with Crippen molar-refractivity contribution >= 4 is 11.6 Å². The number of rotatable bonds is 5. The number of amides is 1. The van der Waals surface area contributed by atoms with Crippen LogP contribution in [-0.4, -0.2) is 19.0 Å². The summed E-state index contributed by atoms with van der Waals surface area (Å²) in [6, 6.07) is 3.40. The van der Waals surface area contributed by atoms with Gasteiger partial charge in [0.05, 0.1) is 6.54 Å². The Morgan fingerprint density at radius 1 is 1.29 bits per heavy atom. The Bertz CT molecular complexity index is 412. The molecule has 0 aliphatic carbocycles. The van der Waals surface area contributed by atoms with Crippen molar-refractivity contribution in [3.63, 3.8) is 0 Å². The molecule has 0 heterocycles. The molecule has 0 aliphatic rings. The molecule has 0 aromatic heterocycles. The fourth-order valence-electron chi connectivity index (χ4n) is 1.19. The molecule has 92 valence electrons. The van der Waals surface area contributed by atoms with Crippen LogP contribution < -0.4 is 10.6 Å². The fraction of sp³-hybridized carbons (Fsp3) is 0.250. The lowest BCUT2D eigenvalue weighted by atomic mass is 10.3. The molecule has 1 aromatic rings. The number of anilines is 1. The zero-order valence-electron chi connectivity index (χ0n) is 9.52. The van der Waals surface area contributed by atoms with Gasteiger partial charge in [-0.05, 0) is 19.1 Å². The SMILES string of the molecule is C=C(C)CNCC(=O)Nc1c(F)cccc1F.